The Morgan fingerprint density at radius 3 is 2.66 bits per heavy atom. The van der Waals surface area contributed by atoms with E-state index in [-0.39, 0.29) is 10.9 Å². The van der Waals surface area contributed by atoms with Gasteiger partial charge in [0, 0.05) is 51.2 Å². The zero-order valence-electron chi connectivity index (χ0n) is 17.9. The topological polar surface area (TPSA) is 104 Å². The molecule has 1 aliphatic heterocycles. The molecule has 2 fully saturated rings. The monoisotopic (exact) mass is 454 g/mol. The summed E-state index contributed by atoms with van der Waals surface area (Å²) in [5.74, 6) is 0.599. The molecule has 2 aliphatic carbocycles. The number of carboxylic acids is 1. The fourth-order valence-electron chi connectivity index (χ4n) is 5.02. The van der Waals surface area contributed by atoms with E-state index in [0.717, 1.165) is 24.6 Å². The van der Waals surface area contributed by atoms with Gasteiger partial charge in [0.05, 0.1) is 5.39 Å². The first-order valence-corrected chi connectivity index (χ1v) is 11.5. The van der Waals surface area contributed by atoms with Crippen LogP contribution in [0.25, 0.3) is 11.0 Å². The van der Waals surface area contributed by atoms with E-state index in [2.05, 4.69) is 37.2 Å². The van der Waals surface area contributed by atoms with Gasteiger partial charge in [0.1, 0.15) is 11.2 Å². The molecule has 0 amide bonds. The van der Waals surface area contributed by atoms with Gasteiger partial charge in [-0.15, -0.1) is 0 Å². The van der Waals surface area contributed by atoms with E-state index in [1.807, 2.05) is 6.92 Å². The van der Waals surface area contributed by atoms with Crippen LogP contribution in [0.15, 0.2) is 29.3 Å². The van der Waals surface area contributed by atoms with Crippen molar-refractivity contribution >= 4 is 40.3 Å². The summed E-state index contributed by atoms with van der Waals surface area (Å²) < 4.78 is 1.68. The third-order valence-corrected chi connectivity index (χ3v) is 7.19. The number of anilines is 1. The molecule has 2 aromatic heterocycles. The maximum absolute atomic E-state index is 12.5. The fourth-order valence-corrected chi connectivity index (χ4v) is 5.35. The Hall–Kier alpha value is -3.01. The molecule has 168 valence electrons. The quantitative estimate of drug-likeness (QED) is 0.525. The maximum Gasteiger partial charge on any atom is 0.341 e. The molecule has 3 atom stereocenters. The number of thiocarbonyl (C=S) groups is 1. The largest absolute Gasteiger partial charge is 0.477 e. The van der Waals surface area contributed by atoms with Gasteiger partial charge in [-0.2, -0.15) is 4.98 Å². The van der Waals surface area contributed by atoms with Crippen molar-refractivity contribution in [1.29, 1.82) is 0 Å². The second-order valence-corrected chi connectivity index (χ2v) is 9.07. The summed E-state index contributed by atoms with van der Waals surface area (Å²) in [6.07, 6.45) is 9.85. The molecule has 2 aromatic rings. The molecular weight excluding hydrogens is 428 g/mol. The van der Waals surface area contributed by atoms with Crippen LogP contribution in [0.1, 0.15) is 30.1 Å². The Morgan fingerprint density at radius 1 is 1.25 bits per heavy atom. The number of pyridine rings is 1. The molecule has 0 radical (unpaired) electrons. The first kappa shape index (κ1) is 20.9. The number of nitrogens with zero attached hydrogens (tertiary/aromatic N) is 5. The summed E-state index contributed by atoms with van der Waals surface area (Å²) in [6, 6.07) is 0.445. The summed E-state index contributed by atoms with van der Waals surface area (Å²) >= 11 is 5.68. The van der Waals surface area contributed by atoms with Gasteiger partial charge in [0.15, 0.2) is 5.11 Å². The highest BCUT2D eigenvalue weighted by Gasteiger charge is 2.36. The summed E-state index contributed by atoms with van der Waals surface area (Å²) in [7, 11) is 0. The number of piperazine rings is 1. The molecule has 0 aromatic carbocycles. The van der Waals surface area contributed by atoms with E-state index < -0.39 is 11.4 Å². The van der Waals surface area contributed by atoms with Crippen molar-refractivity contribution in [2.45, 2.75) is 32.4 Å². The van der Waals surface area contributed by atoms with E-state index in [0.29, 0.717) is 49.1 Å². The molecule has 2 N–H and O–H groups in total. The number of fused-ring (bicyclic) bond motifs is 3. The van der Waals surface area contributed by atoms with Crippen molar-refractivity contribution in [2.24, 2.45) is 11.8 Å². The molecule has 5 rings (SSSR count). The summed E-state index contributed by atoms with van der Waals surface area (Å²) in [4.78, 5) is 37.2. The zero-order valence-corrected chi connectivity index (χ0v) is 18.7. The summed E-state index contributed by atoms with van der Waals surface area (Å²) in [5.41, 5.74) is -0.367. The standard InChI is InChI=1S/C22H26N6O3S/c1-2-26-12-16(20(30)31)18(29)15-11-23-21(25-19(15)26)27-5-7-28(8-6-27)22(32)24-17-10-13-3-4-14(17)9-13/h3-4,11-14,17H,2,5-10H2,1H3,(H,24,32)(H,30,31). The van der Waals surface area contributed by atoms with Crippen LogP contribution in [0, 0.1) is 11.8 Å². The lowest BCUT2D eigenvalue weighted by molar-refractivity contribution is 0.0695. The van der Waals surface area contributed by atoms with Gasteiger partial charge in [0.25, 0.3) is 0 Å². The lowest BCUT2D eigenvalue weighted by Gasteiger charge is -2.37. The third kappa shape index (κ3) is 3.62. The third-order valence-electron chi connectivity index (χ3n) is 6.81. The molecular formula is C22H26N6O3S. The van der Waals surface area contributed by atoms with Crippen molar-refractivity contribution in [3.8, 4) is 0 Å². The number of nitrogens with one attached hydrogen (secondary N) is 1. The number of carbonyl (C=O) groups is 1. The van der Waals surface area contributed by atoms with Crippen molar-refractivity contribution in [3.05, 3.63) is 40.3 Å². The molecule has 3 heterocycles. The number of aryl methyl sites for hydroxylation is 1. The molecule has 32 heavy (non-hydrogen) atoms. The first-order valence-electron chi connectivity index (χ1n) is 11.1. The molecule has 10 heteroatoms. The van der Waals surface area contributed by atoms with E-state index >= 15 is 0 Å². The van der Waals surface area contributed by atoms with Crippen molar-refractivity contribution in [2.75, 3.05) is 31.1 Å². The molecule has 3 unspecified atom stereocenters. The fraction of sp³-hybridized carbons (Fsp3) is 0.500. The minimum atomic E-state index is -1.25. The molecule has 0 spiro atoms. The second kappa shape index (κ2) is 8.16. The second-order valence-electron chi connectivity index (χ2n) is 8.68. The maximum atomic E-state index is 12.5. The van der Waals surface area contributed by atoms with Gasteiger partial charge in [-0.25, -0.2) is 9.78 Å². The number of hydrogen-bond acceptors (Lipinski definition) is 6. The Bertz CT molecular complexity index is 1170. The minimum Gasteiger partial charge on any atom is -0.477 e. The predicted molar refractivity (Wildman–Crippen MR) is 125 cm³/mol. The van der Waals surface area contributed by atoms with Crippen LogP contribution < -0.4 is 15.6 Å². The number of hydrogen-bond donors (Lipinski definition) is 2. The van der Waals surface area contributed by atoms with E-state index in [1.165, 1.54) is 18.8 Å². The van der Waals surface area contributed by atoms with Gasteiger partial charge in [0.2, 0.25) is 11.4 Å². The van der Waals surface area contributed by atoms with Gasteiger partial charge < -0.3 is 24.8 Å². The molecule has 1 saturated carbocycles. The van der Waals surface area contributed by atoms with Gasteiger partial charge >= 0.3 is 5.97 Å². The summed E-state index contributed by atoms with van der Waals surface area (Å²) in [6.45, 7) is 5.35. The highest BCUT2D eigenvalue weighted by atomic mass is 32.1. The Labute approximate surface area is 190 Å². The van der Waals surface area contributed by atoms with Crippen LogP contribution in [0.3, 0.4) is 0 Å². The summed E-state index contributed by atoms with van der Waals surface area (Å²) in [5, 5.41) is 13.9. The number of aromatic carboxylic acids is 1. The Balaban J connectivity index is 1.29. The predicted octanol–water partition coefficient (Wildman–Crippen LogP) is 1.47. The SMILES string of the molecule is CCn1cc(C(=O)O)c(=O)c2cnc(N3CCN(C(=S)NC4CC5C=CC4C5)CC3)nc21. The van der Waals surface area contributed by atoms with Gasteiger partial charge in [-0.1, -0.05) is 12.2 Å². The van der Waals surface area contributed by atoms with Crippen LogP contribution in [-0.2, 0) is 6.54 Å². The Morgan fingerprint density at radius 2 is 2.03 bits per heavy atom. The molecule has 3 aliphatic rings. The highest BCUT2D eigenvalue weighted by molar-refractivity contribution is 7.80. The lowest BCUT2D eigenvalue weighted by atomic mass is 10.0. The smallest absolute Gasteiger partial charge is 0.341 e. The normalized spacial score (nSPS) is 24.3. The number of allylic oxidation sites excluding steroid dienone is 1. The number of rotatable bonds is 4. The van der Waals surface area contributed by atoms with Crippen LogP contribution in [0.5, 0.6) is 0 Å². The van der Waals surface area contributed by atoms with Gasteiger partial charge in [-0.05, 0) is 43.8 Å². The van der Waals surface area contributed by atoms with E-state index in [9.17, 15) is 14.7 Å². The van der Waals surface area contributed by atoms with E-state index in [1.54, 1.807) is 4.57 Å². The van der Waals surface area contributed by atoms with Gasteiger partial charge in [-0.3, -0.25) is 4.79 Å². The van der Waals surface area contributed by atoms with Crippen molar-refractivity contribution in [3.63, 3.8) is 0 Å². The van der Waals surface area contributed by atoms with Crippen LogP contribution in [-0.4, -0.2) is 67.8 Å². The number of carboxylic acid groups (broad SMARTS) is 1. The van der Waals surface area contributed by atoms with Crippen LogP contribution in [0.2, 0.25) is 0 Å². The zero-order chi connectivity index (χ0) is 22.4. The minimum absolute atomic E-state index is 0.222. The lowest BCUT2D eigenvalue weighted by Crippen LogP contribution is -2.54. The molecule has 1 saturated heterocycles. The highest BCUT2D eigenvalue weighted by Crippen LogP contribution is 2.39. The molecule has 9 nitrogen and oxygen atoms in total. The van der Waals surface area contributed by atoms with Crippen LogP contribution >= 0.6 is 12.2 Å². The molecule has 2 bridgehead atoms. The Kier molecular flexibility index (Phi) is 5.32. The number of aromatic nitrogens is 3. The van der Waals surface area contributed by atoms with Crippen LogP contribution in [0.4, 0.5) is 5.95 Å². The van der Waals surface area contributed by atoms with E-state index in [4.69, 9.17) is 12.2 Å². The van der Waals surface area contributed by atoms with Crippen molar-refractivity contribution < 1.29 is 9.90 Å². The average Bonchev–Trinajstić information content (AvgIpc) is 3.42. The first-order chi connectivity index (χ1) is 15.4. The van der Waals surface area contributed by atoms with Crippen molar-refractivity contribution in [1.82, 2.24) is 24.8 Å². The average molecular weight is 455 g/mol.